The number of carbonyl (C=O) groups excluding carboxylic acids is 1. The third kappa shape index (κ3) is 1.96. The van der Waals surface area contributed by atoms with Crippen LogP contribution in [0.25, 0.3) is 0 Å². The Kier molecular flexibility index (Phi) is 2.85. The minimum Gasteiger partial charge on any atom is -0.507 e. The minimum absolute atomic E-state index is 0.255. The zero-order chi connectivity index (χ0) is 9.84. The fraction of sp³-hybridized carbons (Fsp3) is 0.182. The fourth-order valence-corrected chi connectivity index (χ4v) is 1.26. The molecule has 0 saturated heterocycles. The van der Waals surface area contributed by atoms with Crippen molar-refractivity contribution in [3.05, 3.63) is 41.5 Å². The van der Waals surface area contributed by atoms with Crippen molar-refractivity contribution in [3.63, 3.8) is 0 Å². The van der Waals surface area contributed by atoms with E-state index >= 15 is 0 Å². The molecule has 2 heteroatoms. The van der Waals surface area contributed by atoms with Crippen LogP contribution >= 0.6 is 0 Å². The average molecular weight is 176 g/mol. The van der Waals surface area contributed by atoms with Gasteiger partial charge in [-0.05, 0) is 36.6 Å². The molecular formula is C11H12O2. The molecule has 0 atom stereocenters. The summed E-state index contributed by atoms with van der Waals surface area (Å²) in [6.45, 7) is 5.36. The largest absolute Gasteiger partial charge is 0.507 e. The highest BCUT2D eigenvalue weighted by atomic mass is 16.3. The second-order valence-electron chi connectivity index (χ2n) is 2.96. The van der Waals surface area contributed by atoms with Crippen LogP contribution in [0.1, 0.15) is 21.5 Å². The first kappa shape index (κ1) is 9.52. The number of benzene rings is 1. The molecule has 13 heavy (non-hydrogen) atoms. The normalized spacial score (nSPS) is 9.62. The van der Waals surface area contributed by atoms with Gasteiger partial charge in [0, 0.05) is 5.56 Å². The molecule has 0 aliphatic heterocycles. The summed E-state index contributed by atoms with van der Waals surface area (Å²) in [5.41, 5.74) is 2.06. The van der Waals surface area contributed by atoms with Crippen LogP contribution < -0.4 is 0 Å². The van der Waals surface area contributed by atoms with Crippen molar-refractivity contribution in [1.29, 1.82) is 0 Å². The number of hydrogen-bond acceptors (Lipinski definition) is 2. The van der Waals surface area contributed by atoms with Gasteiger partial charge in [-0.15, -0.1) is 6.58 Å². The second-order valence-corrected chi connectivity index (χ2v) is 2.96. The zero-order valence-corrected chi connectivity index (χ0v) is 7.58. The molecular weight excluding hydrogens is 164 g/mol. The Morgan fingerprint density at radius 3 is 2.77 bits per heavy atom. The summed E-state index contributed by atoms with van der Waals surface area (Å²) in [5.74, 6) is 0.255. The summed E-state index contributed by atoms with van der Waals surface area (Å²) in [6.07, 6.45) is 3.05. The SMILES string of the molecule is C=CCc1cc(C=O)cc(C)c1O. The van der Waals surface area contributed by atoms with Gasteiger partial charge in [0.15, 0.2) is 0 Å². The van der Waals surface area contributed by atoms with Crippen LogP contribution in [0.15, 0.2) is 24.8 Å². The molecule has 0 bridgehead atoms. The van der Waals surface area contributed by atoms with E-state index in [1.54, 1.807) is 25.1 Å². The highest BCUT2D eigenvalue weighted by Gasteiger charge is 2.04. The Morgan fingerprint density at radius 2 is 2.23 bits per heavy atom. The number of rotatable bonds is 3. The Bertz CT molecular complexity index is 340. The van der Waals surface area contributed by atoms with E-state index in [9.17, 15) is 9.90 Å². The van der Waals surface area contributed by atoms with E-state index in [1.807, 2.05) is 0 Å². The van der Waals surface area contributed by atoms with Crippen molar-refractivity contribution in [1.82, 2.24) is 0 Å². The first-order chi connectivity index (χ1) is 6.19. The lowest BCUT2D eigenvalue weighted by atomic mass is 10.0. The maximum atomic E-state index is 10.5. The summed E-state index contributed by atoms with van der Waals surface area (Å²) >= 11 is 0. The van der Waals surface area contributed by atoms with Crippen molar-refractivity contribution in [2.24, 2.45) is 0 Å². The van der Waals surface area contributed by atoms with Gasteiger partial charge in [-0.3, -0.25) is 4.79 Å². The van der Waals surface area contributed by atoms with E-state index in [1.165, 1.54) is 0 Å². The number of aromatic hydroxyl groups is 1. The molecule has 1 rings (SSSR count). The summed E-state index contributed by atoms with van der Waals surface area (Å²) in [7, 11) is 0. The maximum absolute atomic E-state index is 10.5. The van der Waals surface area contributed by atoms with Crippen LogP contribution in [0.3, 0.4) is 0 Å². The zero-order valence-electron chi connectivity index (χ0n) is 7.58. The van der Waals surface area contributed by atoms with Crippen LogP contribution in [0.4, 0.5) is 0 Å². The van der Waals surface area contributed by atoms with Crippen LogP contribution in [0.2, 0.25) is 0 Å². The van der Waals surface area contributed by atoms with Crippen LogP contribution in [0, 0.1) is 6.92 Å². The molecule has 0 aliphatic rings. The molecule has 2 nitrogen and oxygen atoms in total. The van der Waals surface area contributed by atoms with Gasteiger partial charge >= 0.3 is 0 Å². The van der Waals surface area contributed by atoms with Gasteiger partial charge in [-0.1, -0.05) is 6.08 Å². The predicted molar refractivity (Wildman–Crippen MR) is 52.1 cm³/mol. The molecule has 0 aromatic heterocycles. The van der Waals surface area contributed by atoms with Gasteiger partial charge < -0.3 is 5.11 Å². The highest BCUT2D eigenvalue weighted by molar-refractivity contribution is 5.76. The van der Waals surface area contributed by atoms with Crippen molar-refractivity contribution in [3.8, 4) is 5.75 Å². The first-order valence-electron chi connectivity index (χ1n) is 4.07. The molecule has 0 unspecified atom stereocenters. The average Bonchev–Trinajstić information content (AvgIpc) is 2.13. The standard InChI is InChI=1S/C11H12O2/c1-3-4-10-6-9(7-12)5-8(2)11(10)13/h3,5-7,13H,1,4H2,2H3. The lowest BCUT2D eigenvalue weighted by Gasteiger charge is -2.05. The maximum Gasteiger partial charge on any atom is 0.150 e. The molecule has 0 spiro atoms. The number of carbonyl (C=O) groups is 1. The fourth-order valence-electron chi connectivity index (χ4n) is 1.26. The van der Waals surface area contributed by atoms with Gasteiger partial charge in [0.25, 0.3) is 0 Å². The lowest BCUT2D eigenvalue weighted by Crippen LogP contribution is -1.90. The number of phenolic OH excluding ortho intramolecular Hbond substituents is 1. The lowest BCUT2D eigenvalue weighted by molar-refractivity contribution is 0.112. The van der Waals surface area contributed by atoms with E-state index in [-0.39, 0.29) is 5.75 Å². The molecule has 0 amide bonds. The quantitative estimate of drug-likeness (QED) is 0.566. The molecule has 0 fully saturated rings. The van der Waals surface area contributed by atoms with E-state index in [4.69, 9.17) is 0 Å². The van der Waals surface area contributed by atoms with Gasteiger partial charge in [-0.2, -0.15) is 0 Å². The van der Waals surface area contributed by atoms with Crippen LogP contribution in [-0.2, 0) is 6.42 Å². The molecule has 68 valence electrons. The van der Waals surface area contributed by atoms with Crippen LogP contribution in [-0.4, -0.2) is 11.4 Å². The van der Waals surface area contributed by atoms with E-state index < -0.39 is 0 Å². The monoisotopic (exact) mass is 176 g/mol. The minimum atomic E-state index is 0.255. The molecule has 0 saturated carbocycles. The van der Waals surface area contributed by atoms with E-state index in [0.717, 1.165) is 17.4 Å². The summed E-state index contributed by atoms with van der Waals surface area (Å²) in [5, 5.41) is 9.58. The summed E-state index contributed by atoms with van der Waals surface area (Å²) < 4.78 is 0. The molecule has 0 radical (unpaired) electrons. The third-order valence-corrected chi connectivity index (χ3v) is 1.90. The van der Waals surface area contributed by atoms with Crippen molar-refractivity contribution < 1.29 is 9.90 Å². The predicted octanol–water partition coefficient (Wildman–Crippen LogP) is 2.24. The van der Waals surface area contributed by atoms with Gasteiger partial charge in [0.2, 0.25) is 0 Å². The number of aldehydes is 1. The highest BCUT2D eigenvalue weighted by Crippen LogP contribution is 2.23. The number of hydrogen-bond donors (Lipinski definition) is 1. The molecule has 1 N–H and O–H groups in total. The van der Waals surface area contributed by atoms with Gasteiger partial charge in [-0.25, -0.2) is 0 Å². The smallest absolute Gasteiger partial charge is 0.150 e. The van der Waals surface area contributed by atoms with Crippen molar-refractivity contribution >= 4 is 6.29 Å². The third-order valence-electron chi connectivity index (χ3n) is 1.90. The van der Waals surface area contributed by atoms with Crippen molar-refractivity contribution in [2.45, 2.75) is 13.3 Å². The van der Waals surface area contributed by atoms with Crippen molar-refractivity contribution in [2.75, 3.05) is 0 Å². The van der Waals surface area contributed by atoms with E-state index in [2.05, 4.69) is 6.58 Å². The number of aryl methyl sites for hydroxylation is 1. The number of phenols is 1. The molecule has 0 aliphatic carbocycles. The Balaban J connectivity index is 3.23. The Hall–Kier alpha value is -1.57. The molecule has 1 aromatic rings. The van der Waals surface area contributed by atoms with Crippen LogP contribution in [0.5, 0.6) is 5.75 Å². The summed E-state index contributed by atoms with van der Waals surface area (Å²) in [6, 6.07) is 3.34. The molecule has 0 heterocycles. The molecule has 1 aromatic carbocycles. The first-order valence-corrected chi connectivity index (χ1v) is 4.07. The Labute approximate surface area is 77.5 Å². The number of allylic oxidation sites excluding steroid dienone is 1. The Morgan fingerprint density at radius 1 is 1.54 bits per heavy atom. The van der Waals surface area contributed by atoms with Gasteiger partial charge in [0.05, 0.1) is 0 Å². The summed E-state index contributed by atoms with van der Waals surface area (Å²) in [4.78, 5) is 10.5. The second kappa shape index (κ2) is 3.90. The topological polar surface area (TPSA) is 37.3 Å². The van der Waals surface area contributed by atoms with E-state index in [0.29, 0.717) is 12.0 Å². The van der Waals surface area contributed by atoms with Gasteiger partial charge in [0.1, 0.15) is 12.0 Å².